The first-order valence-corrected chi connectivity index (χ1v) is 9.21. The van der Waals surface area contributed by atoms with Crippen molar-refractivity contribution in [2.75, 3.05) is 33.4 Å². The van der Waals surface area contributed by atoms with Gasteiger partial charge in [0.05, 0.1) is 12.7 Å². The first-order chi connectivity index (χ1) is 13.2. The van der Waals surface area contributed by atoms with Crippen molar-refractivity contribution in [3.8, 4) is 11.5 Å². The number of aliphatic carboxylic acids is 1. The molecule has 1 saturated heterocycles. The van der Waals surface area contributed by atoms with Gasteiger partial charge in [-0.2, -0.15) is 0 Å². The number of carboxylic acids is 1. The molecule has 2 aromatic carbocycles. The highest BCUT2D eigenvalue weighted by atomic mass is 16.5. The Bertz CT molecular complexity index is 792. The summed E-state index contributed by atoms with van der Waals surface area (Å²) in [5, 5.41) is 9.68. The van der Waals surface area contributed by atoms with Crippen molar-refractivity contribution >= 4 is 17.6 Å². The zero-order valence-electron chi connectivity index (χ0n) is 15.6. The maximum Gasteiger partial charge on any atom is 0.336 e. The fraction of sp³-hybridized carbons (Fsp3) is 0.318. The number of hydrogen-bond acceptors (Lipinski definition) is 4. The molecule has 1 fully saturated rings. The van der Waals surface area contributed by atoms with Crippen LogP contribution in [0.2, 0.25) is 0 Å². The molecule has 0 unspecified atom stereocenters. The molecule has 0 saturated carbocycles. The standard InChI is InChI=1S/C22H25NO4/c1-26-19-10-8-17(9-11-19)20(22(24)25)16-18-6-2-3-7-21(18)27-15-14-23-12-4-5-13-23/h2-3,6-11,16H,4-5,12-15H2,1H3,(H,24,25)/b20-16-. The summed E-state index contributed by atoms with van der Waals surface area (Å²) >= 11 is 0. The number of likely N-dealkylation sites (tertiary alicyclic amines) is 1. The summed E-state index contributed by atoms with van der Waals surface area (Å²) in [5.41, 5.74) is 1.59. The topological polar surface area (TPSA) is 59.0 Å². The molecule has 3 rings (SSSR count). The number of carbonyl (C=O) groups is 1. The Balaban J connectivity index is 1.78. The predicted octanol–water partition coefficient (Wildman–Crippen LogP) is 3.80. The van der Waals surface area contributed by atoms with Crippen molar-refractivity contribution in [2.45, 2.75) is 12.8 Å². The van der Waals surface area contributed by atoms with E-state index in [1.165, 1.54) is 12.8 Å². The lowest BCUT2D eigenvalue weighted by atomic mass is 10.0. The van der Waals surface area contributed by atoms with Crippen molar-refractivity contribution in [3.63, 3.8) is 0 Å². The van der Waals surface area contributed by atoms with Crippen molar-refractivity contribution in [2.24, 2.45) is 0 Å². The first-order valence-electron chi connectivity index (χ1n) is 9.21. The molecule has 2 aromatic rings. The van der Waals surface area contributed by atoms with E-state index in [0.717, 1.165) is 25.2 Å². The van der Waals surface area contributed by atoms with Crippen LogP contribution in [-0.2, 0) is 4.79 Å². The highest BCUT2D eigenvalue weighted by Gasteiger charge is 2.14. The van der Waals surface area contributed by atoms with E-state index in [1.807, 2.05) is 24.3 Å². The molecule has 0 aromatic heterocycles. The van der Waals surface area contributed by atoms with Crippen LogP contribution < -0.4 is 9.47 Å². The van der Waals surface area contributed by atoms with Crippen LogP contribution in [-0.4, -0.2) is 49.3 Å². The molecule has 0 spiro atoms. The molecule has 0 aliphatic carbocycles. The normalized spacial score (nSPS) is 14.9. The van der Waals surface area contributed by atoms with Crippen LogP contribution in [0, 0.1) is 0 Å². The highest BCUT2D eigenvalue weighted by molar-refractivity contribution is 6.20. The van der Waals surface area contributed by atoms with E-state index in [1.54, 1.807) is 37.5 Å². The second-order valence-corrected chi connectivity index (χ2v) is 6.53. The van der Waals surface area contributed by atoms with Gasteiger partial charge in [0.15, 0.2) is 0 Å². The van der Waals surface area contributed by atoms with Crippen LogP contribution in [0.25, 0.3) is 11.6 Å². The number of ether oxygens (including phenoxy) is 2. The van der Waals surface area contributed by atoms with Gasteiger partial charge < -0.3 is 14.6 Å². The molecule has 1 N–H and O–H groups in total. The lowest BCUT2D eigenvalue weighted by Gasteiger charge is -2.16. The minimum atomic E-state index is -0.980. The van der Waals surface area contributed by atoms with Gasteiger partial charge in [-0.25, -0.2) is 4.79 Å². The van der Waals surface area contributed by atoms with Gasteiger partial charge in [0.2, 0.25) is 0 Å². The molecule has 1 aliphatic rings. The summed E-state index contributed by atoms with van der Waals surface area (Å²) in [5.74, 6) is 0.408. The van der Waals surface area contributed by atoms with E-state index in [0.29, 0.717) is 23.7 Å². The second-order valence-electron chi connectivity index (χ2n) is 6.53. The monoisotopic (exact) mass is 367 g/mol. The number of hydrogen-bond donors (Lipinski definition) is 1. The van der Waals surface area contributed by atoms with Gasteiger partial charge in [-0.3, -0.25) is 4.90 Å². The molecule has 0 radical (unpaired) electrons. The molecule has 142 valence electrons. The van der Waals surface area contributed by atoms with Gasteiger partial charge in [0.1, 0.15) is 18.1 Å². The van der Waals surface area contributed by atoms with E-state index in [-0.39, 0.29) is 5.57 Å². The van der Waals surface area contributed by atoms with Crippen LogP contribution >= 0.6 is 0 Å². The Hall–Kier alpha value is -2.79. The number of para-hydroxylation sites is 1. The van der Waals surface area contributed by atoms with Crippen LogP contribution in [0.4, 0.5) is 0 Å². The zero-order chi connectivity index (χ0) is 19.1. The third kappa shape index (κ3) is 5.11. The van der Waals surface area contributed by atoms with Crippen LogP contribution in [0.3, 0.4) is 0 Å². The molecular weight excluding hydrogens is 342 g/mol. The number of carboxylic acid groups (broad SMARTS) is 1. The largest absolute Gasteiger partial charge is 0.497 e. The van der Waals surface area contributed by atoms with E-state index >= 15 is 0 Å². The summed E-state index contributed by atoms with van der Waals surface area (Å²) in [6.07, 6.45) is 4.17. The van der Waals surface area contributed by atoms with Crippen molar-refractivity contribution in [1.29, 1.82) is 0 Å². The Labute approximate surface area is 159 Å². The smallest absolute Gasteiger partial charge is 0.336 e. The molecule has 27 heavy (non-hydrogen) atoms. The average molecular weight is 367 g/mol. The van der Waals surface area contributed by atoms with Gasteiger partial charge in [0, 0.05) is 12.1 Å². The zero-order valence-corrected chi connectivity index (χ0v) is 15.6. The maximum absolute atomic E-state index is 11.8. The minimum Gasteiger partial charge on any atom is -0.497 e. The average Bonchev–Trinajstić information content (AvgIpc) is 3.20. The first kappa shape index (κ1) is 19.0. The van der Waals surface area contributed by atoms with Crippen LogP contribution in [0.15, 0.2) is 48.5 Å². The second kappa shape index (κ2) is 9.24. The molecule has 1 heterocycles. The van der Waals surface area contributed by atoms with Gasteiger partial charge in [-0.05, 0) is 55.8 Å². The number of benzene rings is 2. The lowest BCUT2D eigenvalue weighted by molar-refractivity contribution is -0.130. The van der Waals surface area contributed by atoms with E-state index in [4.69, 9.17) is 9.47 Å². The molecule has 0 amide bonds. The molecular formula is C22H25NO4. The van der Waals surface area contributed by atoms with Crippen molar-refractivity contribution in [3.05, 3.63) is 59.7 Å². The van der Waals surface area contributed by atoms with Crippen LogP contribution in [0.1, 0.15) is 24.0 Å². The summed E-state index contributed by atoms with van der Waals surface area (Å²) in [6, 6.07) is 14.5. The lowest BCUT2D eigenvalue weighted by Crippen LogP contribution is -2.25. The third-order valence-corrected chi connectivity index (χ3v) is 4.71. The highest BCUT2D eigenvalue weighted by Crippen LogP contribution is 2.26. The maximum atomic E-state index is 11.8. The van der Waals surface area contributed by atoms with Crippen LogP contribution in [0.5, 0.6) is 11.5 Å². The Kier molecular flexibility index (Phi) is 6.49. The summed E-state index contributed by atoms with van der Waals surface area (Å²) in [4.78, 5) is 14.2. The Morgan fingerprint density at radius 2 is 1.81 bits per heavy atom. The molecule has 5 nitrogen and oxygen atoms in total. The number of methoxy groups -OCH3 is 1. The van der Waals surface area contributed by atoms with Crippen molar-refractivity contribution in [1.82, 2.24) is 4.90 Å². The SMILES string of the molecule is COc1ccc(/C(=C/c2ccccc2OCCN2CCCC2)C(=O)O)cc1. The van der Waals surface area contributed by atoms with Gasteiger partial charge >= 0.3 is 5.97 Å². The summed E-state index contributed by atoms with van der Waals surface area (Å²) in [7, 11) is 1.58. The third-order valence-electron chi connectivity index (χ3n) is 4.71. The van der Waals surface area contributed by atoms with E-state index in [9.17, 15) is 9.90 Å². The number of nitrogens with zero attached hydrogens (tertiary/aromatic N) is 1. The molecule has 0 bridgehead atoms. The van der Waals surface area contributed by atoms with E-state index in [2.05, 4.69) is 4.90 Å². The van der Waals surface area contributed by atoms with Crippen molar-refractivity contribution < 1.29 is 19.4 Å². The number of rotatable bonds is 8. The molecule has 1 aliphatic heterocycles. The van der Waals surface area contributed by atoms with E-state index < -0.39 is 5.97 Å². The Morgan fingerprint density at radius 1 is 1.11 bits per heavy atom. The Morgan fingerprint density at radius 3 is 2.48 bits per heavy atom. The molecule has 5 heteroatoms. The minimum absolute atomic E-state index is 0.216. The van der Waals surface area contributed by atoms with Gasteiger partial charge in [0.25, 0.3) is 0 Å². The predicted molar refractivity (Wildman–Crippen MR) is 106 cm³/mol. The van der Waals surface area contributed by atoms with Gasteiger partial charge in [-0.15, -0.1) is 0 Å². The summed E-state index contributed by atoms with van der Waals surface area (Å²) < 4.78 is 11.1. The fourth-order valence-corrected chi connectivity index (χ4v) is 3.22. The fourth-order valence-electron chi connectivity index (χ4n) is 3.22. The molecule has 0 atom stereocenters. The quantitative estimate of drug-likeness (QED) is 0.568. The summed E-state index contributed by atoms with van der Waals surface area (Å²) in [6.45, 7) is 3.75. The van der Waals surface area contributed by atoms with Gasteiger partial charge in [-0.1, -0.05) is 30.3 Å².